The summed E-state index contributed by atoms with van der Waals surface area (Å²) in [6, 6.07) is 11.4. The first-order valence-electron chi connectivity index (χ1n) is 8.35. The minimum Gasteiger partial charge on any atom is -0.453 e. The molecule has 0 aliphatic carbocycles. The molecule has 0 saturated carbocycles. The number of rotatable bonds is 5. The third kappa shape index (κ3) is 3.49. The van der Waals surface area contributed by atoms with Gasteiger partial charge in [-0.2, -0.15) is 0 Å². The standard InChI is InChI=1S/C20H14N2O5S/c1-12(23)13-2-4-14(5-3-13)16-6-7-17(27-16)19(25)26-11-15-10-18(24)22-8-9-28-20(22)21-15/h2-10H,11H2,1H3. The van der Waals surface area contributed by atoms with Gasteiger partial charge in [-0.25, -0.2) is 9.78 Å². The predicted octanol–water partition coefficient (Wildman–Crippen LogP) is 3.58. The zero-order valence-electron chi connectivity index (χ0n) is 14.7. The lowest BCUT2D eigenvalue weighted by Crippen LogP contribution is -2.14. The van der Waals surface area contributed by atoms with Crippen LogP contribution < -0.4 is 5.56 Å². The molecule has 3 aromatic heterocycles. The van der Waals surface area contributed by atoms with Crippen LogP contribution in [0, 0.1) is 0 Å². The second kappa shape index (κ2) is 7.24. The number of benzene rings is 1. The average Bonchev–Trinajstić information content (AvgIpc) is 3.36. The third-order valence-corrected chi connectivity index (χ3v) is 4.85. The number of thiazole rings is 1. The van der Waals surface area contributed by atoms with Gasteiger partial charge in [0.05, 0.1) is 5.69 Å². The number of esters is 1. The van der Waals surface area contributed by atoms with Crippen LogP contribution in [0.25, 0.3) is 16.3 Å². The maximum absolute atomic E-state index is 12.2. The highest BCUT2D eigenvalue weighted by atomic mass is 32.1. The van der Waals surface area contributed by atoms with Gasteiger partial charge in [0.1, 0.15) is 12.4 Å². The molecule has 0 aliphatic rings. The summed E-state index contributed by atoms with van der Waals surface area (Å²) in [5.74, 6) is -0.151. The maximum atomic E-state index is 12.2. The molecule has 4 aromatic rings. The van der Waals surface area contributed by atoms with Crippen molar-refractivity contribution < 1.29 is 18.7 Å². The minimum atomic E-state index is -0.653. The van der Waals surface area contributed by atoms with E-state index >= 15 is 0 Å². The minimum absolute atomic E-state index is 0.0238. The van der Waals surface area contributed by atoms with Crippen LogP contribution in [0.1, 0.15) is 33.5 Å². The van der Waals surface area contributed by atoms with Gasteiger partial charge < -0.3 is 9.15 Å². The summed E-state index contributed by atoms with van der Waals surface area (Å²) in [7, 11) is 0. The lowest BCUT2D eigenvalue weighted by molar-refractivity contribution is 0.0432. The largest absolute Gasteiger partial charge is 0.453 e. The number of hydrogen-bond acceptors (Lipinski definition) is 7. The number of hydrogen-bond donors (Lipinski definition) is 0. The lowest BCUT2D eigenvalue weighted by atomic mass is 10.1. The molecular formula is C20H14N2O5S. The van der Waals surface area contributed by atoms with E-state index in [9.17, 15) is 14.4 Å². The fraction of sp³-hybridized carbons (Fsp3) is 0.100. The molecule has 0 fully saturated rings. The molecule has 0 radical (unpaired) electrons. The monoisotopic (exact) mass is 394 g/mol. The molecule has 1 aromatic carbocycles. The van der Waals surface area contributed by atoms with Crippen molar-refractivity contribution in [1.29, 1.82) is 0 Å². The van der Waals surface area contributed by atoms with Crippen molar-refractivity contribution in [1.82, 2.24) is 9.38 Å². The van der Waals surface area contributed by atoms with E-state index in [0.717, 1.165) is 5.56 Å². The van der Waals surface area contributed by atoms with Gasteiger partial charge in [-0.05, 0) is 19.1 Å². The van der Waals surface area contributed by atoms with Crippen LogP contribution in [-0.2, 0) is 11.3 Å². The van der Waals surface area contributed by atoms with Crippen molar-refractivity contribution in [3.8, 4) is 11.3 Å². The zero-order valence-corrected chi connectivity index (χ0v) is 15.6. The van der Waals surface area contributed by atoms with Gasteiger partial charge in [-0.1, -0.05) is 24.3 Å². The van der Waals surface area contributed by atoms with E-state index in [1.807, 2.05) is 0 Å². The van der Waals surface area contributed by atoms with E-state index in [1.165, 1.54) is 34.8 Å². The average molecular weight is 394 g/mol. The number of furan rings is 1. The molecule has 7 nitrogen and oxygen atoms in total. The summed E-state index contributed by atoms with van der Waals surface area (Å²) in [5, 5.41) is 1.76. The first-order chi connectivity index (χ1) is 13.5. The summed E-state index contributed by atoms with van der Waals surface area (Å²) in [6.45, 7) is 1.36. The van der Waals surface area contributed by atoms with Gasteiger partial charge in [0.25, 0.3) is 5.56 Å². The molecular weight excluding hydrogens is 380 g/mol. The number of Topliss-reactive ketones (excluding diaryl/α,β-unsaturated/α-hetero) is 1. The Labute approximate surface area is 162 Å². The van der Waals surface area contributed by atoms with Crippen LogP contribution in [-0.4, -0.2) is 21.1 Å². The van der Waals surface area contributed by atoms with Gasteiger partial charge in [0, 0.05) is 28.8 Å². The number of carbonyl (C=O) groups excluding carboxylic acids is 2. The molecule has 0 atom stereocenters. The Morgan fingerprint density at radius 2 is 1.96 bits per heavy atom. The molecule has 3 heterocycles. The Kier molecular flexibility index (Phi) is 4.62. The van der Waals surface area contributed by atoms with E-state index in [2.05, 4.69) is 4.98 Å². The number of carbonyl (C=O) groups is 2. The second-order valence-electron chi connectivity index (χ2n) is 6.01. The van der Waals surface area contributed by atoms with Crippen molar-refractivity contribution in [2.75, 3.05) is 0 Å². The van der Waals surface area contributed by atoms with Gasteiger partial charge in [-0.15, -0.1) is 11.3 Å². The van der Waals surface area contributed by atoms with Crippen molar-refractivity contribution in [2.45, 2.75) is 13.5 Å². The zero-order chi connectivity index (χ0) is 19.7. The molecule has 0 spiro atoms. The highest BCUT2D eigenvalue weighted by Gasteiger charge is 2.15. The summed E-state index contributed by atoms with van der Waals surface area (Å²) in [6.07, 6.45) is 1.64. The number of fused-ring (bicyclic) bond motifs is 1. The second-order valence-corrected chi connectivity index (χ2v) is 6.89. The third-order valence-electron chi connectivity index (χ3n) is 4.09. The Bertz CT molecular complexity index is 1230. The maximum Gasteiger partial charge on any atom is 0.374 e. The molecule has 0 amide bonds. The fourth-order valence-electron chi connectivity index (χ4n) is 2.64. The van der Waals surface area contributed by atoms with Crippen LogP contribution in [0.15, 0.2) is 63.3 Å². The summed E-state index contributed by atoms with van der Waals surface area (Å²) >= 11 is 1.32. The summed E-state index contributed by atoms with van der Waals surface area (Å²) in [5.41, 5.74) is 1.47. The van der Waals surface area contributed by atoms with Crippen LogP contribution >= 0.6 is 11.3 Å². The van der Waals surface area contributed by atoms with Crippen LogP contribution in [0.5, 0.6) is 0 Å². The lowest BCUT2D eigenvalue weighted by Gasteiger charge is -2.03. The first-order valence-corrected chi connectivity index (χ1v) is 9.23. The van der Waals surface area contributed by atoms with Crippen molar-refractivity contribution in [3.05, 3.63) is 81.4 Å². The Morgan fingerprint density at radius 1 is 1.18 bits per heavy atom. The number of nitrogens with zero attached hydrogens (tertiary/aromatic N) is 2. The molecule has 0 saturated heterocycles. The normalized spacial score (nSPS) is 10.9. The first kappa shape index (κ1) is 17.9. The van der Waals surface area contributed by atoms with Gasteiger partial charge in [0.15, 0.2) is 10.7 Å². The highest BCUT2D eigenvalue weighted by Crippen LogP contribution is 2.23. The fourth-order valence-corrected chi connectivity index (χ4v) is 3.38. The molecule has 0 N–H and O–H groups in total. The van der Waals surface area contributed by atoms with Crippen LogP contribution in [0.4, 0.5) is 0 Å². The summed E-state index contributed by atoms with van der Waals surface area (Å²) < 4.78 is 12.2. The van der Waals surface area contributed by atoms with E-state index < -0.39 is 5.97 Å². The molecule has 140 valence electrons. The molecule has 8 heteroatoms. The van der Waals surface area contributed by atoms with E-state index in [4.69, 9.17) is 9.15 Å². The predicted molar refractivity (Wildman–Crippen MR) is 103 cm³/mol. The van der Waals surface area contributed by atoms with Gasteiger partial charge in [0.2, 0.25) is 5.76 Å². The number of ketones is 1. The quantitative estimate of drug-likeness (QED) is 0.380. The topological polar surface area (TPSA) is 90.9 Å². The summed E-state index contributed by atoms with van der Waals surface area (Å²) in [4.78, 5) is 40.3. The SMILES string of the molecule is CC(=O)c1ccc(-c2ccc(C(=O)OCc3cc(=O)n4ccsc4n3)o2)cc1. The number of aromatic nitrogens is 2. The van der Waals surface area contributed by atoms with E-state index in [0.29, 0.717) is 22.0 Å². The molecule has 28 heavy (non-hydrogen) atoms. The van der Waals surface area contributed by atoms with E-state index in [-0.39, 0.29) is 23.7 Å². The molecule has 0 aliphatic heterocycles. The van der Waals surface area contributed by atoms with Crippen molar-refractivity contribution in [2.24, 2.45) is 0 Å². The van der Waals surface area contributed by atoms with E-state index in [1.54, 1.807) is 41.9 Å². The van der Waals surface area contributed by atoms with Gasteiger partial charge >= 0.3 is 5.97 Å². The smallest absolute Gasteiger partial charge is 0.374 e. The van der Waals surface area contributed by atoms with Crippen molar-refractivity contribution >= 4 is 28.1 Å². The highest BCUT2D eigenvalue weighted by molar-refractivity contribution is 7.15. The Balaban J connectivity index is 1.46. The Hall–Kier alpha value is -3.52. The number of ether oxygens (including phenoxy) is 1. The van der Waals surface area contributed by atoms with Crippen LogP contribution in [0.2, 0.25) is 0 Å². The van der Waals surface area contributed by atoms with Crippen molar-refractivity contribution in [3.63, 3.8) is 0 Å². The van der Waals surface area contributed by atoms with Crippen LogP contribution in [0.3, 0.4) is 0 Å². The molecule has 0 bridgehead atoms. The molecule has 4 rings (SSSR count). The molecule has 0 unspecified atom stereocenters. The van der Waals surface area contributed by atoms with Gasteiger partial charge in [-0.3, -0.25) is 14.0 Å². The Morgan fingerprint density at radius 3 is 2.71 bits per heavy atom.